The van der Waals surface area contributed by atoms with Crippen LogP contribution in [-0.4, -0.2) is 66.9 Å². The molecule has 4 aromatic rings. The molecule has 1 aliphatic rings. The highest BCUT2D eigenvalue weighted by Crippen LogP contribution is 2.25. The first kappa shape index (κ1) is 21.2. The van der Waals surface area contributed by atoms with Crippen molar-refractivity contribution in [3.8, 4) is 11.1 Å². The van der Waals surface area contributed by atoms with Gasteiger partial charge in [-0.1, -0.05) is 17.3 Å². The van der Waals surface area contributed by atoms with Crippen LogP contribution in [0, 0.1) is 0 Å². The fourth-order valence-electron chi connectivity index (χ4n) is 4.23. The third-order valence-electron chi connectivity index (χ3n) is 6.08. The summed E-state index contributed by atoms with van der Waals surface area (Å²) in [7, 11) is 1.88. The van der Waals surface area contributed by atoms with E-state index in [0.29, 0.717) is 12.4 Å². The molecule has 0 unspecified atom stereocenters. The molecule has 170 valence electrons. The Morgan fingerprint density at radius 1 is 1.12 bits per heavy atom. The van der Waals surface area contributed by atoms with Gasteiger partial charge in [0, 0.05) is 50.0 Å². The van der Waals surface area contributed by atoms with E-state index in [1.165, 1.54) is 0 Å². The molecule has 1 fully saturated rings. The smallest absolute Gasteiger partial charge is 0.278 e. The summed E-state index contributed by atoms with van der Waals surface area (Å²) < 4.78 is 16.0. The standard InChI is InChI=1S/C23H25FN8O/c1-30-14-19(13-26-30)16-2-3-17-12-25-22(11-18(17)10-16)27-23(33)21-15-32(29-28-21)20-4-7-31(8-5-20)9-6-24/h2-3,10-15,20H,4-9H2,1H3,(H,25,27,33). The lowest BCUT2D eigenvalue weighted by Gasteiger charge is -2.30. The molecule has 4 heterocycles. The SMILES string of the molecule is Cn1cc(-c2ccc3cnc(NC(=O)c4cn(C5CCN(CCF)CC5)nn4)cc3c2)cn1. The van der Waals surface area contributed by atoms with E-state index in [4.69, 9.17) is 0 Å². The van der Waals surface area contributed by atoms with Crippen LogP contribution >= 0.6 is 0 Å². The number of carbonyl (C=O) groups excluding carboxylic acids is 1. The van der Waals surface area contributed by atoms with Crippen molar-refractivity contribution in [1.29, 1.82) is 0 Å². The number of carbonyl (C=O) groups is 1. The number of pyridine rings is 1. The van der Waals surface area contributed by atoms with Gasteiger partial charge in [0.25, 0.3) is 5.91 Å². The zero-order valence-electron chi connectivity index (χ0n) is 18.4. The van der Waals surface area contributed by atoms with Crippen molar-refractivity contribution >= 4 is 22.5 Å². The van der Waals surface area contributed by atoms with E-state index in [9.17, 15) is 9.18 Å². The summed E-state index contributed by atoms with van der Waals surface area (Å²) >= 11 is 0. The molecule has 0 bridgehead atoms. The Kier molecular flexibility index (Phi) is 5.82. The molecule has 1 aromatic carbocycles. The molecular weight excluding hydrogens is 423 g/mol. The van der Waals surface area contributed by atoms with Gasteiger partial charge in [0.2, 0.25) is 0 Å². The molecule has 5 rings (SSSR count). The summed E-state index contributed by atoms with van der Waals surface area (Å²) in [4.78, 5) is 19.2. The van der Waals surface area contributed by atoms with Crippen molar-refractivity contribution < 1.29 is 9.18 Å². The van der Waals surface area contributed by atoms with Gasteiger partial charge < -0.3 is 10.2 Å². The van der Waals surface area contributed by atoms with Crippen molar-refractivity contribution in [2.75, 3.05) is 31.6 Å². The number of anilines is 1. The van der Waals surface area contributed by atoms with Crippen LogP contribution in [0.15, 0.2) is 49.1 Å². The first-order valence-corrected chi connectivity index (χ1v) is 11.0. The molecule has 0 radical (unpaired) electrons. The molecule has 9 nitrogen and oxygen atoms in total. The Hall–Kier alpha value is -3.66. The van der Waals surface area contributed by atoms with Gasteiger partial charge in [-0.15, -0.1) is 5.10 Å². The van der Waals surface area contributed by atoms with Crippen molar-refractivity contribution in [3.05, 3.63) is 54.7 Å². The van der Waals surface area contributed by atoms with Crippen LogP contribution in [-0.2, 0) is 7.05 Å². The monoisotopic (exact) mass is 448 g/mol. The highest BCUT2D eigenvalue weighted by Gasteiger charge is 2.22. The minimum atomic E-state index is -0.355. The van der Waals surface area contributed by atoms with Crippen LogP contribution in [0.25, 0.3) is 21.9 Å². The van der Waals surface area contributed by atoms with Crippen LogP contribution in [0.4, 0.5) is 10.2 Å². The number of halogens is 1. The number of nitrogens with zero attached hydrogens (tertiary/aromatic N) is 7. The van der Waals surface area contributed by atoms with Crippen molar-refractivity contribution in [1.82, 2.24) is 34.7 Å². The maximum atomic E-state index is 12.7. The number of piperidine rings is 1. The summed E-state index contributed by atoms with van der Waals surface area (Å²) in [6, 6.07) is 8.09. The maximum absolute atomic E-state index is 12.7. The van der Waals surface area contributed by atoms with Crippen LogP contribution in [0.3, 0.4) is 0 Å². The second-order valence-electron chi connectivity index (χ2n) is 8.33. The third kappa shape index (κ3) is 4.61. The number of benzene rings is 1. The van der Waals surface area contributed by atoms with Gasteiger partial charge in [0.15, 0.2) is 5.69 Å². The zero-order chi connectivity index (χ0) is 22.8. The fourth-order valence-corrected chi connectivity index (χ4v) is 4.23. The highest BCUT2D eigenvalue weighted by atomic mass is 19.1. The van der Waals surface area contributed by atoms with E-state index in [-0.39, 0.29) is 24.3 Å². The zero-order valence-corrected chi connectivity index (χ0v) is 18.4. The van der Waals surface area contributed by atoms with E-state index in [1.807, 2.05) is 37.6 Å². The van der Waals surface area contributed by atoms with Crippen LogP contribution in [0.2, 0.25) is 0 Å². The molecule has 0 spiro atoms. The summed E-state index contributed by atoms with van der Waals surface area (Å²) in [6.07, 6.45) is 8.90. The van der Waals surface area contributed by atoms with Crippen LogP contribution < -0.4 is 5.32 Å². The molecule has 1 N–H and O–H groups in total. The summed E-state index contributed by atoms with van der Waals surface area (Å²) in [5, 5.41) is 17.2. The molecule has 0 aliphatic carbocycles. The van der Waals surface area contributed by atoms with Gasteiger partial charge >= 0.3 is 0 Å². The number of aromatic nitrogens is 6. The second kappa shape index (κ2) is 9.07. The van der Waals surface area contributed by atoms with Gasteiger partial charge in [0.1, 0.15) is 12.5 Å². The number of alkyl halides is 1. The maximum Gasteiger partial charge on any atom is 0.278 e. The average molecular weight is 449 g/mol. The predicted octanol–water partition coefficient (Wildman–Crippen LogP) is 3.09. The van der Waals surface area contributed by atoms with Crippen LogP contribution in [0.1, 0.15) is 29.4 Å². The fraction of sp³-hybridized carbons (Fsp3) is 0.348. The first-order chi connectivity index (χ1) is 16.1. The van der Waals surface area contributed by atoms with Crippen LogP contribution in [0.5, 0.6) is 0 Å². The van der Waals surface area contributed by atoms with E-state index in [1.54, 1.807) is 21.8 Å². The second-order valence-corrected chi connectivity index (χ2v) is 8.33. The summed E-state index contributed by atoms with van der Waals surface area (Å²) in [5.41, 5.74) is 2.31. The molecule has 1 aliphatic heterocycles. The average Bonchev–Trinajstić information content (AvgIpc) is 3.49. The molecule has 33 heavy (non-hydrogen) atoms. The largest absolute Gasteiger partial charge is 0.305 e. The van der Waals surface area contributed by atoms with Gasteiger partial charge in [0.05, 0.1) is 18.4 Å². The van der Waals surface area contributed by atoms with Gasteiger partial charge in [-0.3, -0.25) is 9.48 Å². The number of amides is 1. The lowest BCUT2D eigenvalue weighted by atomic mass is 10.1. The molecule has 0 atom stereocenters. The minimum Gasteiger partial charge on any atom is -0.305 e. The lowest BCUT2D eigenvalue weighted by Crippen LogP contribution is -2.36. The summed E-state index contributed by atoms with van der Waals surface area (Å²) in [6.45, 7) is 1.78. The molecule has 1 saturated heterocycles. The molecular formula is C23H25FN8O. The molecule has 0 saturated carbocycles. The van der Waals surface area contributed by atoms with E-state index < -0.39 is 0 Å². The molecule has 1 amide bonds. The third-order valence-corrected chi connectivity index (χ3v) is 6.08. The van der Waals surface area contributed by atoms with E-state index in [0.717, 1.165) is 47.8 Å². The lowest BCUT2D eigenvalue weighted by molar-refractivity contribution is 0.102. The topological polar surface area (TPSA) is 93.8 Å². The Bertz CT molecular complexity index is 1270. The van der Waals surface area contributed by atoms with Gasteiger partial charge in [-0.05, 0) is 35.9 Å². The van der Waals surface area contributed by atoms with Gasteiger partial charge in [-0.2, -0.15) is 5.10 Å². The van der Waals surface area contributed by atoms with Gasteiger partial charge in [-0.25, -0.2) is 14.1 Å². The summed E-state index contributed by atoms with van der Waals surface area (Å²) in [5.74, 6) is 0.0938. The first-order valence-electron chi connectivity index (χ1n) is 11.0. The van der Waals surface area contributed by atoms with Crippen molar-refractivity contribution in [2.24, 2.45) is 7.05 Å². The number of fused-ring (bicyclic) bond motifs is 1. The van der Waals surface area contributed by atoms with Crippen molar-refractivity contribution in [3.63, 3.8) is 0 Å². The number of rotatable bonds is 6. The van der Waals surface area contributed by atoms with E-state index >= 15 is 0 Å². The Morgan fingerprint density at radius 2 is 1.97 bits per heavy atom. The number of nitrogens with one attached hydrogen (secondary N) is 1. The number of hydrogen-bond donors (Lipinski definition) is 1. The number of hydrogen-bond acceptors (Lipinski definition) is 6. The predicted molar refractivity (Wildman–Crippen MR) is 123 cm³/mol. The highest BCUT2D eigenvalue weighted by molar-refractivity contribution is 6.03. The Morgan fingerprint density at radius 3 is 2.73 bits per heavy atom. The van der Waals surface area contributed by atoms with E-state index in [2.05, 4.69) is 36.7 Å². The number of aryl methyl sites for hydroxylation is 1. The normalized spacial score (nSPS) is 15.2. The molecule has 10 heteroatoms. The van der Waals surface area contributed by atoms with Crippen molar-refractivity contribution in [2.45, 2.75) is 18.9 Å². The Labute approximate surface area is 190 Å². The quantitative estimate of drug-likeness (QED) is 0.487. The Balaban J connectivity index is 1.28. The minimum absolute atomic E-state index is 0.166. The number of likely N-dealkylation sites (tertiary alicyclic amines) is 1. The molecule has 3 aromatic heterocycles.